The van der Waals surface area contributed by atoms with Crippen LogP contribution in [-0.4, -0.2) is 52.1 Å². The van der Waals surface area contributed by atoms with Crippen LogP contribution in [0.1, 0.15) is 31.1 Å². The number of hydrazine groups is 1. The number of phenolic OH excluding ortho intramolecular Hbond substituents is 1. The molecule has 2 amide bonds. The van der Waals surface area contributed by atoms with E-state index < -0.39 is 47.7 Å². The summed E-state index contributed by atoms with van der Waals surface area (Å²) in [5.74, 6) is -7.07. The van der Waals surface area contributed by atoms with Crippen LogP contribution in [0.5, 0.6) is 5.75 Å². The van der Waals surface area contributed by atoms with E-state index in [9.17, 15) is 34.2 Å². The Bertz CT molecular complexity index is 1400. The maximum absolute atomic E-state index is 13.0. The van der Waals surface area contributed by atoms with E-state index in [1.807, 2.05) is 10.9 Å². The number of carbonyl (C=O) groups excluding carboxylic acids is 4. The maximum Gasteiger partial charge on any atom is 0.349 e. The van der Waals surface area contributed by atoms with Crippen LogP contribution in [0.4, 0.5) is 0 Å². The molecule has 196 valence electrons. The van der Waals surface area contributed by atoms with Crippen LogP contribution in [0.3, 0.4) is 0 Å². The zero-order valence-electron chi connectivity index (χ0n) is 19.1. The summed E-state index contributed by atoms with van der Waals surface area (Å²) in [5, 5.41) is 19.4. The highest BCUT2D eigenvalue weighted by Crippen LogP contribution is 2.21. The molecule has 3 rings (SSSR count). The molecular weight excluding hydrogens is 543 g/mol. The van der Waals surface area contributed by atoms with Crippen LogP contribution in [0.25, 0.3) is 0 Å². The van der Waals surface area contributed by atoms with E-state index in [1.165, 1.54) is 72.8 Å². The van der Waals surface area contributed by atoms with E-state index in [0.717, 1.165) is 0 Å². The molecule has 38 heavy (non-hydrogen) atoms. The Morgan fingerprint density at radius 3 is 1.58 bits per heavy atom. The standard InChI is InChI=1S/C25H18Cl2N2O9/c26-16-10-4-1-7-13(16)24(35)37-19(22(32)29-28-21(31)15-9-3-6-12-18(15)30)20(23(33)34)38-25(36)14-8-2-5-11-17(14)27/h1-12,19-20,30H,(H,28,31)(H,29,32)(H,33,34)/t19-,20+/m0/s1. The zero-order valence-corrected chi connectivity index (χ0v) is 20.6. The summed E-state index contributed by atoms with van der Waals surface area (Å²) >= 11 is 12.0. The number of ether oxygens (including phenoxy) is 2. The molecule has 11 nitrogen and oxygen atoms in total. The molecule has 0 aliphatic heterocycles. The largest absolute Gasteiger partial charge is 0.507 e. The molecule has 13 heteroatoms. The number of amides is 2. The number of phenols is 1. The molecule has 0 spiro atoms. The third-order valence-corrected chi connectivity index (χ3v) is 5.54. The van der Waals surface area contributed by atoms with Gasteiger partial charge in [-0.1, -0.05) is 59.6 Å². The Hall–Kier alpha value is -4.61. The minimum Gasteiger partial charge on any atom is -0.507 e. The molecule has 0 heterocycles. The summed E-state index contributed by atoms with van der Waals surface area (Å²) in [5.41, 5.74) is 3.20. The Kier molecular flexibility index (Phi) is 9.25. The molecule has 0 aliphatic carbocycles. The highest BCUT2D eigenvalue weighted by atomic mass is 35.5. The zero-order chi connectivity index (χ0) is 27.8. The third-order valence-electron chi connectivity index (χ3n) is 4.88. The molecule has 0 radical (unpaired) electrons. The number of aromatic hydroxyl groups is 1. The van der Waals surface area contributed by atoms with E-state index in [1.54, 1.807) is 0 Å². The SMILES string of the molecule is O=C(NNC(=O)[C@@H](OC(=O)c1ccccc1Cl)[C@@H](OC(=O)c1ccccc1Cl)C(=O)O)c1ccccc1O. The fourth-order valence-corrected chi connectivity index (χ4v) is 3.45. The van der Waals surface area contributed by atoms with Crippen LogP contribution in [0, 0.1) is 0 Å². The Morgan fingerprint density at radius 2 is 1.11 bits per heavy atom. The lowest BCUT2D eigenvalue weighted by Gasteiger charge is -2.24. The van der Waals surface area contributed by atoms with E-state index in [-0.39, 0.29) is 26.7 Å². The summed E-state index contributed by atoms with van der Waals surface area (Å²) in [6.07, 6.45) is -4.69. The number of para-hydroxylation sites is 1. The van der Waals surface area contributed by atoms with Gasteiger partial charge in [-0.3, -0.25) is 20.4 Å². The van der Waals surface area contributed by atoms with Gasteiger partial charge in [-0.2, -0.15) is 0 Å². The van der Waals surface area contributed by atoms with Crippen molar-refractivity contribution in [2.75, 3.05) is 0 Å². The Labute approximate surface area is 224 Å². The molecule has 0 unspecified atom stereocenters. The number of carboxylic acids is 1. The van der Waals surface area contributed by atoms with Crippen molar-refractivity contribution in [1.82, 2.24) is 10.9 Å². The van der Waals surface area contributed by atoms with Crippen molar-refractivity contribution in [1.29, 1.82) is 0 Å². The van der Waals surface area contributed by atoms with E-state index in [0.29, 0.717) is 0 Å². The van der Waals surface area contributed by atoms with Crippen molar-refractivity contribution in [2.45, 2.75) is 12.2 Å². The van der Waals surface area contributed by atoms with Gasteiger partial charge in [0, 0.05) is 0 Å². The van der Waals surface area contributed by atoms with Crippen LogP contribution in [0.15, 0.2) is 72.8 Å². The normalized spacial score (nSPS) is 11.9. The first-order valence-corrected chi connectivity index (χ1v) is 11.4. The van der Waals surface area contributed by atoms with Gasteiger partial charge in [0.05, 0.1) is 26.7 Å². The van der Waals surface area contributed by atoms with Gasteiger partial charge >= 0.3 is 17.9 Å². The average molecular weight is 561 g/mol. The smallest absolute Gasteiger partial charge is 0.349 e. The first-order chi connectivity index (χ1) is 18.1. The van der Waals surface area contributed by atoms with Gasteiger partial charge in [0.15, 0.2) is 0 Å². The minimum atomic E-state index is -2.38. The molecule has 3 aromatic carbocycles. The van der Waals surface area contributed by atoms with Gasteiger partial charge in [-0.15, -0.1) is 0 Å². The Morgan fingerprint density at radius 1 is 0.658 bits per heavy atom. The van der Waals surface area contributed by atoms with Crippen molar-refractivity contribution in [3.8, 4) is 5.75 Å². The van der Waals surface area contributed by atoms with Crippen molar-refractivity contribution in [2.24, 2.45) is 0 Å². The molecule has 0 saturated heterocycles. The highest BCUT2D eigenvalue weighted by Gasteiger charge is 2.41. The molecule has 0 aromatic heterocycles. The maximum atomic E-state index is 13.0. The summed E-state index contributed by atoms with van der Waals surface area (Å²) in [6.45, 7) is 0. The number of benzene rings is 3. The number of hydrogen-bond acceptors (Lipinski definition) is 8. The number of carbonyl (C=O) groups is 5. The predicted molar refractivity (Wildman–Crippen MR) is 133 cm³/mol. The molecule has 0 aliphatic rings. The lowest BCUT2D eigenvalue weighted by molar-refractivity contribution is -0.159. The van der Waals surface area contributed by atoms with Crippen LogP contribution in [-0.2, 0) is 19.1 Å². The van der Waals surface area contributed by atoms with Crippen molar-refractivity contribution in [3.05, 3.63) is 99.5 Å². The van der Waals surface area contributed by atoms with E-state index in [4.69, 9.17) is 32.7 Å². The van der Waals surface area contributed by atoms with Gasteiger partial charge in [0.1, 0.15) is 5.75 Å². The molecular formula is C25H18Cl2N2O9. The number of halogens is 2. The monoisotopic (exact) mass is 560 g/mol. The average Bonchev–Trinajstić information content (AvgIpc) is 2.89. The fraction of sp³-hybridized carbons (Fsp3) is 0.0800. The van der Waals surface area contributed by atoms with Crippen molar-refractivity contribution < 1.29 is 43.7 Å². The van der Waals surface area contributed by atoms with E-state index in [2.05, 4.69) is 0 Å². The summed E-state index contributed by atoms with van der Waals surface area (Å²) in [6, 6.07) is 16.5. The van der Waals surface area contributed by atoms with Gasteiger partial charge in [-0.25, -0.2) is 14.4 Å². The topological polar surface area (TPSA) is 168 Å². The first-order valence-electron chi connectivity index (χ1n) is 10.6. The summed E-state index contributed by atoms with van der Waals surface area (Å²) in [4.78, 5) is 62.8. The lowest BCUT2D eigenvalue weighted by atomic mass is 10.1. The molecule has 2 atom stereocenters. The van der Waals surface area contributed by atoms with Gasteiger partial charge in [-0.05, 0) is 36.4 Å². The summed E-state index contributed by atoms with van der Waals surface area (Å²) in [7, 11) is 0. The number of aliphatic carboxylic acids is 1. The number of esters is 2. The van der Waals surface area contributed by atoms with Crippen molar-refractivity contribution >= 4 is 52.9 Å². The molecule has 0 fully saturated rings. The minimum absolute atomic E-state index is 0.0642. The molecule has 0 saturated carbocycles. The second kappa shape index (κ2) is 12.6. The molecule has 4 N–H and O–H groups in total. The number of nitrogens with one attached hydrogen (secondary N) is 2. The second-order valence-corrected chi connectivity index (χ2v) is 8.22. The first kappa shape index (κ1) is 28.0. The van der Waals surface area contributed by atoms with Crippen molar-refractivity contribution in [3.63, 3.8) is 0 Å². The van der Waals surface area contributed by atoms with Gasteiger partial charge in [0.2, 0.25) is 12.2 Å². The fourth-order valence-electron chi connectivity index (χ4n) is 3.03. The summed E-state index contributed by atoms with van der Waals surface area (Å²) < 4.78 is 10.1. The molecule has 0 bridgehead atoms. The van der Waals surface area contributed by atoms with Gasteiger partial charge in [0.25, 0.3) is 11.8 Å². The van der Waals surface area contributed by atoms with Crippen LogP contribution < -0.4 is 10.9 Å². The second-order valence-electron chi connectivity index (χ2n) is 7.41. The van der Waals surface area contributed by atoms with Crippen LogP contribution in [0.2, 0.25) is 10.0 Å². The predicted octanol–water partition coefficient (Wildman–Crippen LogP) is 3.00. The number of carboxylic acid groups (broad SMARTS) is 1. The Balaban J connectivity index is 1.88. The highest BCUT2D eigenvalue weighted by molar-refractivity contribution is 6.34. The quantitative estimate of drug-likeness (QED) is 0.239. The number of hydrogen-bond donors (Lipinski definition) is 4. The van der Waals surface area contributed by atoms with E-state index >= 15 is 0 Å². The van der Waals surface area contributed by atoms with Gasteiger partial charge < -0.3 is 19.7 Å². The molecule has 3 aromatic rings. The third kappa shape index (κ3) is 6.78. The lowest BCUT2D eigenvalue weighted by Crippen LogP contribution is -2.54. The number of rotatable bonds is 8. The van der Waals surface area contributed by atoms with Crippen LogP contribution >= 0.6 is 23.2 Å².